The van der Waals surface area contributed by atoms with Crippen molar-refractivity contribution in [2.75, 3.05) is 12.4 Å². The van der Waals surface area contributed by atoms with Gasteiger partial charge in [0.25, 0.3) is 5.91 Å². The first kappa shape index (κ1) is 17.5. The molecule has 3 aromatic carbocycles. The highest BCUT2D eigenvalue weighted by atomic mass is 16.5. The highest BCUT2D eigenvalue weighted by Gasteiger charge is 2.15. The molecule has 0 bridgehead atoms. The summed E-state index contributed by atoms with van der Waals surface area (Å²) in [5, 5.41) is 7.68. The van der Waals surface area contributed by atoms with E-state index in [9.17, 15) is 4.79 Å². The largest absolute Gasteiger partial charge is 0.497 e. The minimum Gasteiger partial charge on any atom is -0.497 e. The summed E-state index contributed by atoms with van der Waals surface area (Å²) in [4.78, 5) is 12.8. The number of ether oxygens (including phenoxy) is 1. The molecular formula is C23H19N3O2. The fourth-order valence-electron chi connectivity index (χ4n) is 2.94. The Balaban J connectivity index is 1.72. The molecule has 0 unspecified atom stereocenters. The second-order valence-corrected chi connectivity index (χ2v) is 6.21. The molecule has 0 spiro atoms. The summed E-state index contributed by atoms with van der Waals surface area (Å²) < 4.78 is 6.95. The molecule has 0 saturated carbocycles. The van der Waals surface area contributed by atoms with Crippen LogP contribution >= 0.6 is 0 Å². The molecule has 0 atom stereocenters. The van der Waals surface area contributed by atoms with Crippen molar-refractivity contribution in [3.63, 3.8) is 0 Å². The number of methoxy groups -OCH3 is 1. The van der Waals surface area contributed by atoms with Crippen molar-refractivity contribution in [1.29, 1.82) is 0 Å². The first-order valence-electron chi connectivity index (χ1n) is 8.91. The first-order chi connectivity index (χ1) is 13.7. The first-order valence-corrected chi connectivity index (χ1v) is 8.91. The zero-order chi connectivity index (χ0) is 19.3. The van der Waals surface area contributed by atoms with E-state index in [1.165, 1.54) is 0 Å². The molecule has 0 aliphatic heterocycles. The Hall–Kier alpha value is -3.86. The van der Waals surface area contributed by atoms with Crippen molar-refractivity contribution in [2.45, 2.75) is 0 Å². The highest BCUT2D eigenvalue weighted by molar-refractivity contribution is 6.04. The van der Waals surface area contributed by atoms with E-state index in [-0.39, 0.29) is 5.91 Å². The summed E-state index contributed by atoms with van der Waals surface area (Å²) in [7, 11) is 1.58. The second-order valence-electron chi connectivity index (χ2n) is 6.21. The number of hydrogen-bond donors (Lipinski definition) is 1. The molecule has 0 saturated heterocycles. The summed E-state index contributed by atoms with van der Waals surface area (Å²) >= 11 is 0. The molecule has 4 rings (SSSR count). The summed E-state index contributed by atoms with van der Waals surface area (Å²) in [5.41, 5.74) is 3.14. The van der Waals surface area contributed by atoms with Crippen molar-refractivity contribution in [2.24, 2.45) is 0 Å². The number of carbonyl (C=O) groups excluding carboxylic acids is 1. The maximum Gasteiger partial charge on any atom is 0.256 e. The Bertz CT molecular complexity index is 1090. The SMILES string of the molecule is COc1cccc(C(=O)Nc2cc(-c3ccccc3)nn2-c2ccccc2)c1. The van der Waals surface area contributed by atoms with E-state index in [0.29, 0.717) is 17.1 Å². The molecule has 0 radical (unpaired) electrons. The predicted octanol–water partition coefficient (Wildman–Crippen LogP) is 4.80. The average Bonchev–Trinajstić information content (AvgIpc) is 3.19. The summed E-state index contributed by atoms with van der Waals surface area (Å²) in [5.74, 6) is 1.00. The molecule has 1 N–H and O–H groups in total. The number of carbonyl (C=O) groups is 1. The lowest BCUT2D eigenvalue weighted by atomic mass is 10.1. The van der Waals surface area contributed by atoms with Crippen LogP contribution in [0, 0.1) is 0 Å². The van der Waals surface area contributed by atoms with E-state index in [4.69, 9.17) is 9.84 Å². The summed E-state index contributed by atoms with van der Waals surface area (Å²) in [6, 6.07) is 28.5. The smallest absolute Gasteiger partial charge is 0.256 e. The number of para-hydroxylation sites is 1. The number of rotatable bonds is 5. The van der Waals surface area contributed by atoms with Crippen LogP contribution in [0.1, 0.15) is 10.4 Å². The van der Waals surface area contributed by atoms with Gasteiger partial charge in [0.05, 0.1) is 18.5 Å². The van der Waals surface area contributed by atoms with Crippen LogP contribution in [0.4, 0.5) is 5.82 Å². The molecule has 5 nitrogen and oxygen atoms in total. The molecule has 0 fully saturated rings. The molecule has 28 heavy (non-hydrogen) atoms. The van der Waals surface area contributed by atoms with Gasteiger partial charge in [0.15, 0.2) is 0 Å². The van der Waals surface area contributed by atoms with Crippen LogP contribution in [0.25, 0.3) is 16.9 Å². The molecule has 0 aliphatic rings. The van der Waals surface area contributed by atoms with E-state index in [1.807, 2.05) is 66.7 Å². The lowest BCUT2D eigenvalue weighted by Gasteiger charge is -2.09. The van der Waals surface area contributed by atoms with Gasteiger partial charge in [-0.1, -0.05) is 54.6 Å². The Labute approximate surface area is 163 Å². The van der Waals surface area contributed by atoms with Gasteiger partial charge in [-0.15, -0.1) is 0 Å². The Kier molecular flexibility index (Phi) is 4.89. The van der Waals surface area contributed by atoms with E-state index in [1.54, 1.807) is 36.1 Å². The van der Waals surface area contributed by atoms with Crippen LogP contribution in [0.15, 0.2) is 91.0 Å². The Morgan fingerprint density at radius 2 is 1.61 bits per heavy atom. The monoisotopic (exact) mass is 369 g/mol. The van der Waals surface area contributed by atoms with Crippen molar-refractivity contribution < 1.29 is 9.53 Å². The summed E-state index contributed by atoms with van der Waals surface area (Å²) in [6.07, 6.45) is 0. The number of amides is 1. The van der Waals surface area contributed by atoms with Crippen LogP contribution in [0.3, 0.4) is 0 Å². The molecule has 1 amide bonds. The third-order valence-corrected chi connectivity index (χ3v) is 4.35. The number of nitrogens with one attached hydrogen (secondary N) is 1. The number of aromatic nitrogens is 2. The standard InChI is InChI=1S/C23H19N3O2/c1-28-20-14-8-11-18(15-20)23(27)24-22-16-21(17-9-4-2-5-10-17)25-26(22)19-12-6-3-7-13-19/h2-16H,1H3,(H,24,27). The van der Waals surface area contributed by atoms with Gasteiger partial charge in [-0.2, -0.15) is 5.10 Å². The third-order valence-electron chi connectivity index (χ3n) is 4.35. The topological polar surface area (TPSA) is 56.1 Å². The van der Waals surface area contributed by atoms with Crippen molar-refractivity contribution in [1.82, 2.24) is 9.78 Å². The van der Waals surface area contributed by atoms with Gasteiger partial charge in [0, 0.05) is 17.2 Å². The predicted molar refractivity (Wildman–Crippen MR) is 110 cm³/mol. The van der Waals surface area contributed by atoms with Crippen molar-refractivity contribution >= 4 is 11.7 Å². The number of anilines is 1. The molecule has 4 aromatic rings. The van der Waals surface area contributed by atoms with Gasteiger partial charge in [-0.05, 0) is 30.3 Å². The van der Waals surface area contributed by atoms with Gasteiger partial charge in [-0.25, -0.2) is 4.68 Å². The fourth-order valence-corrected chi connectivity index (χ4v) is 2.94. The van der Waals surface area contributed by atoms with Gasteiger partial charge in [0.2, 0.25) is 0 Å². The Morgan fingerprint density at radius 1 is 0.893 bits per heavy atom. The molecule has 0 aliphatic carbocycles. The maximum atomic E-state index is 12.8. The zero-order valence-electron chi connectivity index (χ0n) is 15.4. The van der Waals surface area contributed by atoms with E-state index >= 15 is 0 Å². The van der Waals surface area contributed by atoms with Crippen LogP contribution in [0.2, 0.25) is 0 Å². The van der Waals surface area contributed by atoms with E-state index in [0.717, 1.165) is 16.9 Å². The van der Waals surface area contributed by atoms with Crippen molar-refractivity contribution in [3.8, 4) is 22.7 Å². The zero-order valence-corrected chi connectivity index (χ0v) is 15.4. The minimum absolute atomic E-state index is 0.226. The highest BCUT2D eigenvalue weighted by Crippen LogP contribution is 2.25. The van der Waals surface area contributed by atoms with Crippen LogP contribution < -0.4 is 10.1 Å². The number of hydrogen-bond acceptors (Lipinski definition) is 3. The fraction of sp³-hybridized carbons (Fsp3) is 0.0435. The lowest BCUT2D eigenvalue weighted by Crippen LogP contribution is -2.15. The Morgan fingerprint density at radius 3 is 2.32 bits per heavy atom. The normalized spacial score (nSPS) is 10.5. The van der Waals surface area contributed by atoms with E-state index in [2.05, 4.69) is 5.32 Å². The lowest BCUT2D eigenvalue weighted by molar-refractivity contribution is 0.102. The summed E-state index contributed by atoms with van der Waals surface area (Å²) in [6.45, 7) is 0. The second kappa shape index (κ2) is 7.80. The molecule has 1 heterocycles. The minimum atomic E-state index is -0.226. The molecule has 138 valence electrons. The van der Waals surface area contributed by atoms with E-state index < -0.39 is 0 Å². The third kappa shape index (κ3) is 3.64. The molecule has 5 heteroatoms. The number of benzene rings is 3. The number of nitrogens with zero attached hydrogens (tertiary/aromatic N) is 2. The van der Waals surface area contributed by atoms with Crippen molar-refractivity contribution in [3.05, 3.63) is 96.6 Å². The molecular weight excluding hydrogens is 350 g/mol. The van der Waals surface area contributed by atoms with Gasteiger partial charge in [0.1, 0.15) is 11.6 Å². The van der Waals surface area contributed by atoms with Gasteiger partial charge in [-0.3, -0.25) is 4.79 Å². The quantitative estimate of drug-likeness (QED) is 0.550. The van der Waals surface area contributed by atoms with Gasteiger partial charge >= 0.3 is 0 Å². The van der Waals surface area contributed by atoms with Crippen LogP contribution in [-0.2, 0) is 0 Å². The van der Waals surface area contributed by atoms with Crippen LogP contribution in [-0.4, -0.2) is 22.8 Å². The molecule has 1 aromatic heterocycles. The van der Waals surface area contributed by atoms with Gasteiger partial charge < -0.3 is 10.1 Å². The maximum absolute atomic E-state index is 12.8. The average molecular weight is 369 g/mol. The van der Waals surface area contributed by atoms with Crippen LogP contribution in [0.5, 0.6) is 5.75 Å².